The van der Waals surface area contributed by atoms with Gasteiger partial charge in [-0.15, -0.1) is 0 Å². The zero-order valence-corrected chi connectivity index (χ0v) is 14.8. The van der Waals surface area contributed by atoms with Gasteiger partial charge in [-0.3, -0.25) is 4.79 Å². The number of esters is 1. The van der Waals surface area contributed by atoms with Gasteiger partial charge in [-0.2, -0.15) is 5.10 Å². The molecular weight excluding hydrogens is 352 g/mol. The fourth-order valence-electron chi connectivity index (χ4n) is 2.89. The lowest BCUT2D eigenvalue weighted by Crippen LogP contribution is -2.34. The fraction of sp³-hybridized carbons (Fsp3) is 0.333. The first kappa shape index (κ1) is 18.4. The van der Waals surface area contributed by atoms with E-state index in [1.165, 1.54) is 15.6 Å². The van der Waals surface area contributed by atoms with Crippen molar-refractivity contribution in [1.82, 2.24) is 14.7 Å². The summed E-state index contributed by atoms with van der Waals surface area (Å²) in [7, 11) is 0. The molecule has 0 saturated carbocycles. The van der Waals surface area contributed by atoms with Gasteiger partial charge in [-0.05, 0) is 31.5 Å². The molecule has 1 aromatic heterocycles. The summed E-state index contributed by atoms with van der Waals surface area (Å²) >= 11 is 0. The molecule has 0 bridgehead atoms. The van der Waals surface area contributed by atoms with Crippen molar-refractivity contribution >= 4 is 23.7 Å². The van der Waals surface area contributed by atoms with Crippen LogP contribution in [0.2, 0.25) is 0 Å². The van der Waals surface area contributed by atoms with E-state index in [0.29, 0.717) is 24.3 Å². The number of amides is 2. The number of carbonyl (C=O) groups excluding carboxylic acids is 2. The third-order valence-corrected chi connectivity index (χ3v) is 4.29. The van der Waals surface area contributed by atoms with Gasteiger partial charge in [0.15, 0.2) is 5.69 Å². The second-order valence-electron chi connectivity index (χ2n) is 6.08. The molecule has 2 heterocycles. The Labute approximate surface area is 155 Å². The van der Waals surface area contributed by atoms with Crippen LogP contribution in [0.15, 0.2) is 36.5 Å². The molecule has 1 aliphatic heterocycles. The highest BCUT2D eigenvalue weighted by molar-refractivity contribution is 5.92. The molecule has 0 spiro atoms. The Morgan fingerprint density at radius 1 is 1.30 bits per heavy atom. The van der Waals surface area contributed by atoms with E-state index in [9.17, 15) is 14.4 Å². The largest absolute Gasteiger partial charge is 0.481 e. The second kappa shape index (κ2) is 7.90. The van der Waals surface area contributed by atoms with E-state index in [0.717, 1.165) is 0 Å². The number of aromatic nitrogens is 2. The summed E-state index contributed by atoms with van der Waals surface area (Å²) in [6.07, 6.45) is 2.04. The Kier molecular flexibility index (Phi) is 5.39. The highest BCUT2D eigenvalue weighted by atomic mass is 16.5. The molecule has 1 atom stereocenters. The Morgan fingerprint density at radius 3 is 2.78 bits per heavy atom. The van der Waals surface area contributed by atoms with Crippen molar-refractivity contribution in [3.8, 4) is 5.69 Å². The molecule has 9 nitrogen and oxygen atoms in total. The van der Waals surface area contributed by atoms with Crippen molar-refractivity contribution in [3.05, 3.63) is 42.2 Å². The van der Waals surface area contributed by atoms with Gasteiger partial charge in [0.1, 0.15) is 0 Å². The van der Waals surface area contributed by atoms with Crippen LogP contribution in [-0.4, -0.2) is 57.5 Å². The molecular formula is C18H20N4O5. The lowest BCUT2D eigenvalue weighted by Gasteiger charge is -2.18. The number of urea groups is 1. The lowest BCUT2D eigenvalue weighted by molar-refractivity contribution is -0.141. The average Bonchev–Trinajstić information content (AvgIpc) is 3.32. The van der Waals surface area contributed by atoms with Crippen molar-refractivity contribution in [3.63, 3.8) is 0 Å². The van der Waals surface area contributed by atoms with Crippen molar-refractivity contribution in [2.45, 2.75) is 13.3 Å². The van der Waals surface area contributed by atoms with Crippen LogP contribution < -0.4 is 5.32 Å². The first-order valence-corrected chi connectivity index (χ1v) is 8.60. The van der Waals surface area contributed by atoms with E-state index in [4.69, 9.17) is 9.84 Å². The summed E-state index contributed by atoms with van der Waals surface area (Å²) in [5.41, 5.74) is 1.25. The van der Waals surface area contributed by atoms with Crippen LogP contribution in [0.25, 0.3) is 5.69 Å². The summed E-state index contributed by atoms with van der Waals surface area (Å²) in [5, 5.41) is 16.1. The van der Waals surface area contributed by atoms with E-state index in [2.05, 4.69) is 10.4 Å². The molecule has 2 N–H and O–H groups in total. The van der Waals surface area contributed by atoms with E-state index >= 15 is 0 Å². The Balaban J connectivity index is 1.76. The molecule has 27 heavy (non-hydrogen) atoms. The quantitative estimate of drug-likeness (QED) is 0.776. The molecule has 142 valence electrons. The van der Waals surface area contributed by atoms with Gasteiger partial charge in [0, 0.05) is 19.3 Å². The first-order chi connectivity index (χ1) is 13.0. The van der Waals surface area contributed by atoms with Gasteiger partial charge in [-0.25, -0.2) is 14.3 Å². The summed E-state index contributed by atoms with van der Waals surface area (Å²) in [6.45, 7) is 2.54. The monoisotopic (exact) mass is 372 g/mol. The minimum Gasteiger partial charge on any atom is -0.481 e. The maximum absolute atomic E-state index is 12.5. The third kappa shape index (κ3) is 4.08. The van der Waals surface area contributed by atoms with Crippen molar-refractivity contribution in [2.24, 2.45) is 5.92 Å². The van der Waals surface area contributed by atoms with E-state index in [-0.39, 0.29) is 24.9 Å². The molecule has 0 aliphatic carbocycles. The number of anilines is 1. The van der Waals surface area contributed by atoms with Crippen LogP contribution in [0.4, 0.5) is 10.5 Å². The number of hydrogen-bond donors (Lipinski definition) is 2. The van der Waals surface area contributed by atoms with Gasteiger partial charge in [0.05, 0.1) is 23.9 Å². The van der Waals surface area contributed by atoms with Gasteiger partial charge in [0.25, 0.3) is 0 Å². The number of rotatable bonds is 5. The first-order valence-electron chi connectivity index (χ1n) is 8.60. The van der Waals surface area contributed by atoms with Crippen molar-refractivity contribution < 1.29 is 24.2 Å². The minimum absolute atomic E-state index is 0.168. The third-order valence-electron chi connectivity index (χ3n) is 4.29. The van der Waals surface area contributed by atoms with Crippen molar-refractivity contribution in [2.75, 3.05) is 25.0 Å². The molecule has 2 amide bonds. The summed E-state index contributed by atoms with van der Waals surface area (Å²) in [4.78, 5) is 36.8. The molecule has 1 unspecified atom stereocenters. The molecule has 1 saturated heterocycles. The molecule has 1 fully saturated rings. The van der Waals surface area contributed by atoms with Gasteiger partial charge in [0.2, 0.25) is 0 Å². The van der Waals surface area contributed by atoms with Crippen LogP contribution in [0, 0.1) is 5.92 Å². The number of carbonyl (C=O) groups is 3. The van der Waals surface area contributed by atoms with Crippen LogP contribution in [-0.2, 0) is 9.53 Å². The number of nitrogens with one attached hydrogen (secondary N) is 1. The molecule has 1 aromatic carbocycles. The minimum atomic E-state index is -0.895. The zero-order chi connectivity index (χ0) is 19.4. The van der Waals surface area contributed by atoms with Gasteiger partial charge in [-0.1, -0.05) is 12.1 Å². The Morgan fingerprint density at radius 2 is 2.07 bits per heavy atom. The molecule has 9 heteroatoms. The number of likely N-dealkylation sites (tertiary alicyclic amines) is 1. The van der Waals surface area contributed by atoms with Crippen LogP contribution in [0.3, 0.4) is 0 Å². The Hall–Kier alpha value is -3.36. The molecule has 2 aromatic rings. The van der Waals surface area contributed by atoms with E-state index < -0.39 is 17.9 Å². The number of ether oxygens (including phenoxy) is 1. The topological polar surface area (TPSA) is 114 Å². The Bertz CT molecular complexity index is 863. The van der Waals surface area contributed by atoms with Crippen molar-refractivity contribution in [1.29, 1.82) is 0 Å². The van der Waals surface area contributed by atoms with Gasteiger partial charge < -0.3 is 20.1 Å². The number of para-hydroxylation sites is 2. The number of carboxylic acids is 1. The predicted molar refractivity (Wildman–Crippen MR) is 95.9 cm³/mol. The number of benzene rings is 1. The van der Waals surface area contributed by atoms with E-state index in [1.807, 2.05) is 0 Å². The van der Waals surface area contributed by atoms with Gasteiger partial charge >= 0.3 is 18.0 Å². The SMILES string of the molecule is CCOC(=O)c1ccn(-c2ccccc2NC(=O)N2CCC(C(=O)O)C2)n1. The van der Waals surface area contributed by atoms with Crippen LogP contribution in [0.5, 0.6) is 0 Å². The highest BCUT2D eigenvalue weighted by Crippen LogP contribution is 2.22. The van der Waals surface area contributed by atoms with Crippen LogP contribution in [0.1, 0.15) is 23.8 Å². The molecule has 3 rings (SSSR count). The predicted octanol–water partition coefficient (Wildman–Crippen LogP) is 1.99. The maximum atomic E-state index is 12.5. The smallest absolute Gasteiger partial charge is 0.358 e. The summed E-state index contributed by atoms with van der Waals surface area (Å²) < 4.78 is 6.41. The maximum Gasteiger partial charge on any atom is 0.358 e. The second-order valence-corrected chi connectivity index (χ2v) is 6.08. The summed E-state index contributed by atoms with van der Waals surface area (Å²) in [5.74, 6) is -1.95. The number of hydrogen-bond acceptors (Lipinski definition) is 5. The fourth-order valence-corrected chi connectivity index (χ4v) is 2.89. The normalized spacial score (nSPS) is 16.2. The standard InChI is InChI=1S/C18H20N4O5/c1-2-27-17(25)14-8-10-22(20-14)15-6-4-3-5-13(15)19-18(26)21-9-7-12(11-21)16(23)24/h3-6,8,10,12H,2,7,9,11H2,1H3,(H,19,26)(H,23,24). The lowest BCUT2D eigenvalue weighted by atomic mass is 10.1. The number of nitrogens with zero attached hydrogens (tertiary/aromatic N) is 3. The zero-order valence-electron chi connectivity index (χ0n) is 14.8. The number of aliphatic carboxylic acids is 1. The molecule has 1 aliphatic rings. The average molecular weight is 372 g/mol. The van der Waals surface area contributed by atoms with Crippen LogP contribution >= 0.6 is 0 Å². The molecule has 0 radical (unpaired) electrons. The highest BCUT2D eigenvalue weighted by Gasteiger charge is 2.31. The number of carboxylic acid groups (broad SMARTS) is 1. The summed E-state index contributed by atoms with van der Waals surface area (Å²) in [6, 6.07) is 8.18. The van der Waals surface area contributed by atoms with E-state index in [1.54, 1.807) is 37.4 Å².